The number of nitrogens with zero attached hydrogens (tertiary/aromatic N) is 1. The number of methoxy groups -OCH3 is 1. The van der Waals surface area contributed by atoms with Gasteiger partial charge in [0.05, 0.1) is 30.4 Å². The van der Waals surface area contributed by atoms with Crippen LogP contribution >= 0.6 is 0 Å². The van der Waals surface area contributed by atoms with E-state index < -0.39 is 33.2 Å². The van der Waals surface area contributed by atoms with Crippen molar-refractivity contribution in [1.82, 2.24) is 9.62 Å². The van der Waals surface area contributed by atoms with Gasteiger partial charge in [-0.1, -0.05) is 30.3 Å². The smallest absolute Gasteiger partial charge is 0.303 e. The maximum atomic E-state index is 13.5. The van der Waals surface area contributed by atoms with Gasteiger partial charge in [0.15, 0.2) is 11.5 Å². The Bertz CT molecular complexity index is 1380. The summed E-state index contributed by atoms with van der Waals surface area (Å²) in [7, 11) is 0.0261. The molecule has 5 atom stereocenters. The fourth-order valence-corrected chi connectivity index (χ4v) is 9.23. The standard InChI is InChI=1S/C28H34N2O6S/c1-17-7-5-6-8-20(17)16-37(32,33)29-21-11-12-28(36-18(2)31)23-15-19-9-10-22(34-4)25-24(19)27(28,26(21)35-25)13-14-30(23)3/h5-10,21,23,26,29H,11-16H2,1-4H3/t21-,23+,26-,27-,28+/m0/s1. The molecular formula is C28H34N2O6S. The van der Waals surface area contributed by atoms with Crippen molar-refractivity contribution in [3.63, 3.8) is 0 Å². The van der Waals surface area contributed by atoms with Gasteiger partial charge >= 0.3 is 5.97 Å². The molecule has 2 aromatic carbocycles. The fraction of sp³-hybridized carbons (Fsp3) is 0.536. The first-order chi connectivity index (χ1) is 17.6. The molecule has 0 radical (unpaired) electrons. The van der Waals surface area contributed by atoms with Gasteiger partial charge in [-0.2, -0.15) is 0 Å². The van der Waals surface area contributed by atoms with Gasteiger partial charge in [-0.05, 0) is 69.0 Å². The quantitative estimate of drug-likeness (QED) is 0.579. The highest BCUT2D eigenvalue weighted by Gasteiger charge is 2.75. The van der Waals surface area contributed by atoms with Crippen LogP contribution in [0.4, 0.5) is 0 Å². The van der Waals surface area contributed by atoms with Crippen LogP contribution < -0.4 is 14.2 Å². The molecule has 1 saturated heterocycles. The first kappa shape index (κ1) is 24.7. The number of likely N-dealkylation sites (N-methyl/N-ethyl adjacent to an activating group) is 1. The van der Waals surface area contributed by atoms with E-state index in [-0.39, 0.29) is 17.8 Å². The summed E-state index contributed by atoms with van der Waals surface area (Å²) in [6.45, 7) is 4.18. The molecule has 2 aliphatic heterocycles. The number of rotatable bonds is 6. The van der Waals surface area contributed by atoms with E-state index >= 15 is 0 Å². The zero-order chi connectivity index (χ0) is 26.2. The zero-order valence-corrected chi connectivity index (χ0v) is 22.6. The molecule has 9 heteroatoms. The molecule has 0 unspecified atom stereocenters. The van der Waals surface area contributed by atoms with E-state index in [1.54, 1.807) is 7.11 Å². The molecule has 8 nitrogen and oxygen atoms in total. The van der Waals surface area contributed by atoms with E-state index in [0.717, 1.165) is 35.2 Å². The van der Waals surface area contributed by atoms with Gasteiger partial charge in [0.2, 0.25) is 10.0 Å². The molecule has 37 heavy (non-hydrogen) atoms. The summed E-state index contributed by atoms with van der Waals surface area (Å²) in [6.07, 6.45) is 1.96. The van der Waals surface area contributed by atoms with E-state index in [0.29, 0.717) is 30.8 Å². The van der Waals surface area contributed by atoms with E-state index in [1.807, 2.05) is 37.3 Å². The number of benzene rings is 2. The predicted octanol–water partition coefficient (Wildman–Crippen LogP) is 2.85. The van der Waals surface area contributed by atoms with Crippen LogP contribution in [0.25, 0.3) is 0 Å². The number of hydrogen-bond donors (Lipinski definition) is 1. The van der Waals surface area contributed by atoms with Crippen molar-refractivity contribution in [2.24, 2.45) is 0 Å². The minimum absolute atomic E-state index is 0.0207. The Kier molecular flexibility index (Phi) is 5.64. The Balaban J connectivity index is 1.46. The van der Waals surface area contributed by atoms with Crippen molar-refractivity contribution in [2.45, 2.75) is 74.5 Å². The summed E-state index contributed by atoms with van der Waals surface area (Å²) in [5.74, 6) is 0.863. The molecular weight excluding hydrogens is 492 g/mol. The molecule has 4 aliphatic rings. The van der Waals surface area contributed by atoms with Crippen LogP contribution in [0.1, 0.15) is 48.4 Å². The zero-order valence-electron chi connectivity index (χ0n) is 21.7. The molecule has 2 bridgehead atoms. The summed E-state index contributed by atoms with van der Waals surface area (Å²) in [6, 6.07) is 11.1. The number of likely N-dealkylation sites (tertiary alicyclic amines) is 1. The maximum Gasteiger partial charge on any atom is 0.303 e. The summed E-state index contributed by atoms with van der Waals surface area (Å²) in [5, 5.41) is 0. The van der Waals surface area contributed by atoms with Crippen molar-refractivity contribution in [1.29, 1.82) is 0 Å². The van der Waals surface area contributed by atoms with E-state index in [2.05, 4.69) is 22.7 Å². The van der Waals surface area contributed by atoms with Gasteiger partial charge in [-0.15, -0.1) is 0 Å². The van der Waals surface area contributed by atoms with Crippen molar-refractivity contribution < 1.29 is 27.4 Å². The van der Waals surface area contributed by atoms with Gasteiger partial charge < -0.3 is 14.2 Å². The van der Waals surface area contributed by atoms with Gasteiger partial charge in [0, 0.05) is 12.5 Å². The largest absolute Gasteiger partial charge is 0.493 e. The average molecular weight is 527 g/mol. The SMILES string of the molecule is COc1ccc2c3c1O[C@H]1[C@@H](NS(=O)(=O)Cc4ccccc4C)CC[C@@]4(OC(C)=O)[C@@H](C2)N(C)CC[C@]314. The molecule has 6 rings (SSSR count). The van der Waals surface area contributed by atoms with Crippen LogP contribution in [0.15, 0.2) is 36.4 Å². The highest BCUT2D eigenvalue weighted by molar-refractivity contribution is 7.88. The lowest BCUT2D eigenvalue weighted by molar-refractivity contribution is -0.215. The Hall–Kier alpha value is -2.62. The van der Waals surface area contributed by atoms with Crippen molar-refractivity contribution in [3.05, 3.63) is 58.7 Å². The van der Waals surface area contributed by atoms with E-state index in [1.165, 1.54) is 6.92 Å². The third-order valence-corrected chi connectivity index (χ3v) is 10.5. The Morgan fingerprint density at radius 3 is 2.73 bits per heavy atom. The van der Waals surface area contributed by atoms with Crippen molar-refractivity contribution >= 4 is 16.0 Å². The number of esters is 1. The normalized spacial score (nSPS) is 31.8. The molecule has 1 N–H and O–H groups in total. The lowest BCUT2D eigenvalue weighted by Crippen LogP contribution is -2.78. The Morgan fingerprint density at radius 2 is 2.00 bits per heavy atom. The molecule has 1 saturated carbocycles. The van der Waals surface area contributed by atoms with Gasteiger partial charge in [0.25, 0.3) is 0 Å². The molecule has 2 heterocycles. The van der Waals surface area contributed by atoms with Crippen LogP contribution in [0.2, 0.25) is 0 Å². The number of hydrogen-bond acceptors (Lipinski definition) is 7. The minimum Gasteiger partial charge on any atom is -0.493 e. The maximum absolute atomic E-state index is 13.5. The number of nitrogens with one attached hydrogen (secondary N) is 1. The van der Waals surface area contributed by atoms with Crippen LogP contribution in [-0.4, -0.2) is 63.8 Å². The molecule has 2 fully saturated rings. The molecule has 0 aromatic heterocycles. The predicted molar refractivity (Wildman–Crippen MR) is 138 cm³/mol. The third kappa shape index (κ3) is 3.47. The van der Waals surface area contributed by atoms with Crippen LogP contribution in [0.5, 0.6) is 11.5 Å². The second kappa shape index (κ2) is 8.44. The number of piperidine rings is 1. The summed E-state index contributed by atoms with van der Waals surface area (Å²) >= 11 is 0. The summed E-state index contributed by atoms with van der Waals surface area (Å²) in [5.41, 5.74) is 2.43. The Morgan fingerprint density at radius 1 is 1.22 bits per heavy atom. The second-order valence-electron chi connectivity index (χ2n) is 11.0. The molecule has 0 amide bonds. The number of carbonyl (C=O) groups is 1. The highest BCUT2D eigenvalue weighted by atomic mass is 32.2. The lowest BCUT2D eigenvalue weighted by Gasteiger charge is -2.64. The van der Waals surface area contributed by atoms with Crippen LogP contribution in [0.3, 0.4) is 0 Å². The molecule has 198 valence electrons. The van der Waals surface area contributed by atoms with Gasteiger partial charge in [-0.25, -0.2) is 13.1 Å². The third-order valence-electron chi connectivity index (χ3n) is 9.16. The molecule has 2 aliphatic carbocycles. The molecule has 2 aromatic rings. The van der Waals surface area contributed by atoms with Crippen molar-refractivity contribution in [2.75, 3.05) is 20.7 Å². The van der Waals surface area contributed by atoms with E-state index in [4.69, 9.17) is 14.2 Å². The molecule has 1 spiro atoms. The summed E-state index contributed by atoms with van der Waals surface area (Å²) < 4.78 is 48.7. The topological polar surface area (TPSA) is 94.2 Å². The second-order valence-corrected chi connectivity index (χ2v) is 12.8. The van der Waals surface area contributed by atoms with Gasteiger partial charge in [-0.3, -0.25) is 9.69 Å². The first-order valence-electron chi connectivity index (χ1n) is 12.9. The van der Waals surface area contributed by atoms with Gasteiger partial charge in [0.1, 0.15) is 11.7 Å². The highest BCUT2D eigenvalue weighted by Crippen LogP contribution is 2.66. The monoisotopic (exact) mass is 526 g/mol. The first-order valence-corrected chi connectivity index (χ1v) is 14.6. The number of ether oxygens (including phenoxy) is 3. The average Bonchev–Trinajstić information content (AvgIpc) is 3.19. The fourth-order valence-electron chi connectivity index (χ4n) is 7.71. The van der Waals surface area contributed by atoms with Crippen LogP contribution in [0, 0.1) is 6.92 Å². The minimum atomic E-state index is -3.67. The number of sulfonamides is 1. The van der Waals surface area contributed by atoms with E-state index in [9.17, 15) is 13.2 Å². The van der Waals surface area contributed by atoms with Crippen molar-refractivity contribution in [3.8, 4) is 11.5 Å². The lowest BCUT2D eigenvalue weighted by atomic mass is 9.48. The van der Waals surface area contributed by atoms with Crippen LogP contribution in [-0.2, 0) is 37.1 Å². The number of aryl methyl sites for hydroxylation is 1. The Labute approximate surface area is 218 Å². The summed E-state index contributed by atoms with van der Waals surface area (Å²) in [4.78, 5) is 14.9. The number of carbonyl (C=O) groups excluding carboxylic acids is 1.